The summed E-state index contributed by atoms with van der Waals surface area (Å²) in [6.45, 7) is 7.02. The molecule has 0 fully saturated rings. The van der Waals surface area contributed by atoms with Crippen LogP contribution in [0.15, 0.2) is 54.6 Å². The molecule has 0 unspecified atom stereocenters. The lowest BCUT2D eigenvalue weighted by Crippen LogP contribution is -2.19. The van der Waals surface area contributed by atoms with Gasteiger partial charge in [0.05, 0.1) is 0 Å². The maximum absolute atomic E-state index is 12.7. The van der Waals surface area contributed by atoms with Crippen molar-refractivity contribution in [2.45, 2.75) is 20.4 Å². The summed E-state index contributed by atoms with van der Waals surface area (Å²) in [6, 6.07) is 13.9. The summed E-state index contributed by atoms with van der Waals surface area (Å²) >= 11 is 0. The molecule has 0 saturated carbocycles. The Kier molecular flexibility index (Phi) is 4.21. The monoisotopic (exact) mass is 291 g/mol. The van der Waals surface area contributed by atoms with E-state index in [0.717, 1.165) is 41.9 Å². The van der Waals surface area contributed by atoms with Crippen LogP contribution in [0.25, 0.3) is 0 Å². The van der Waals surface area contributed by atoms with E-state index < -0.39 is 0 Å². The minimum absolute atomic E-state index is 0.107. The van der Waals surface area contributed by atoms with Crippen LogP contribution < -0.4 is 0 Å². The van der Waals surface area contributed by atoms with E-state index in [1.54, 1.807) is 0 Å². The zero-order valence-electron chi connectivity index (χ0n) is 13.2. The van der Waals surface area contributed by atoms with Gasteiger partial charge in [0.25, 0.3) is 0 Å². The largest absolute Gasteiger partial charge is 0.292 e. The Morgan fingerprint density at radius 1 is 1.00 bits per heavy atom. The predicted molar refractivity (Wildman–Crippen MR) is 90.2 cm³/mol. The van der Waals surface area contributed by atoms with Crippen molar-refractivity contribution in [2.24, 2.45) is 0 Å². The molecule has 0 N–H and O–H groups in total. The van der Waals surface area contributed by atoms with Gasteiger partial charge < -0.3 is 0 Å². The second-order valence-electron chi connectivity index (χ2n) is 5.94. The smallest absolute Gasteiger partial charge is 0.193 e. The van der Waals surface area contributed by atoms with Crippen LogP contribution in [-0.2, 0) is 6.54 Å². The van der Waals surface area contributed by atoms with Crippen molar-refractivity contribution < 1.29 is 4.79 Å². The SMILES string of the molecule is Cc1cccc(C(=O)c2ccc(CN3CC=CC3)cc2)c1C. The van der Waals surface area contributed by atoms with Crippen molar-refractivity contribution in [3.63, 3.8) is 0 Å². The molecule has 1 aliphatic heterocycles. The van der Waals surface area contributed by atoms with Gasteiger partial charge in [-0.1, -0.05) is 54.6 Å². The summed E-state index contributed by atoms with van der Waals surface area (Å²) in [5.41, 5.74) is 5.04. The predicted octanol–water partition coefficient (Wildman–Crippen LogP) is 3.91. The number of aryl methyl sites for hydroxylation is 1. The Labute approximate surface area is 132 Å². The number of carbonyl (C=O) groups excluding carboxylic acids is 1. The van der Waals surface area contributed by atoms with Crippen LogP contribution in [0.3, 0.4) is 0 Å². The molecule has 1 aliphatic rings. The molecular formula is C20H21NO. The van der Waals surface area contributed by atoms with E-state index in [1.165, 1.54) is 5.56 Å². The molecule has 0 spiro atoms. The van der Waals surface area contributed by atoms with Gasteiger partial charge >= 0.3 is 0 Å². The van der Waals surface area contributed by atoms with Crippen LogP contribution in [0.5, 0.6) is 0 Å². The number of hydrogen-bond acceptors (Lipinski definition) is 2. The Morgan fingerprint density at radius 3 is 2.36 bits per heavy atom. The third-order valence-corrected chi connectivity index (χ3v) is 4.37. The molecule has 2 heteroatoms. The number of carbonyl (C=O) groups is 1. The van der Waals surface area contributed by atoms with E-state index in [-0.39, 0.29) is 5.78 Å². The molecule has 0 amide bonds. The van der Waals surface area contributed by atoms with Gasteiger partial charge in [0, 0.05) is 30.8 Å². The summed E-state index contributed by atoms with van der Waals surface area (Å²) < 4.78 is 0. The van der Waals surface area contributed by atoms with Gasteiger partial charge in [-0.25, -0.2) is 0 Å². The maximum Gasteiger partial charge on any atom is 0.193 e. The van der Waals surface area contributed by atoms with Crippen molar-refractivity contribution in [3.8, 4) is 0 Å². The van der Waals surface area contributed by atoms with Gasteiger partial charge in [0.15, 0.2) is 5.78 Å². The first-order valence-corrected chi connectivity index (χ1v) is 7.72. The first kappa shape index (κ1) is 14.7. The van der Waals surface area contributed by atoms with E-state index in [1.807, 2.05) is 44.2 Å². The normalized spacial score (nSPS) is 14.5. The lowest BCUT2D eigenvalue weighted by molar-refractivity contribution is 0.103. The van der Waals surface area contributed by atoms with Crippen LogP contribution >= 0.6 is 0 Å². The quantitative estimate of drug-likeness (QED) is 0.629. The lowest BCUT2D eigenvalue weighted by atomic mass is 9.96. The topological polar surface area (TPSA) is 20.3 Å². The summed E-state index contributed by atoms with van der Waals surface area (Å²) in [6.07, 6.45) is 4.39. The second-order valence-corrected chi connectivity index (χ2v) is 5.94. The average Bonchev–Trinajstić information content (AvgIpc) is 3.03. The summed E-state index contributed by atoms with van der Waals surface area (Å²) in [4.78, 5) is 15.0. The van der Waals surface area contributed by atoms with Gasteiger partial charge in [-0.2, -0.15) is 0 Å². The Balaban J connectivity index is 1.77. The molecule has 2 aromatic carbocycles. The summed E-state index contributed by atoms with van der Waals surface area (Å²) in [5.74, 6) is 0.107. The van der Waals surface area contributed by atoms with Crippen molar-refractivity contribution in [2.75, 3.05) is 13.1 Å². The molecule has 1 heterocycles. The summed E-state index contributed by atoms with van der Waals surface area (Å²) in [5, 5.41) is 0. The maximum atomic E-state index is 12.7. The zero-order valence-corrected chi connectivity index (χ0v) is 13.2. The standard InChI is InChI=1S/C20H21NO/c1-15-6-5-7-19(16(15)2)20(22)18-10-8-17(9-11-18)14-21-12-3-4-13-21/h3-11H,12-14H2,1-2H3. The molecule has 22 heavy (non-hydrogen) atoms. The van der Waals surface area contributed by atoms with Gasteiger partial charge in [0.2, 0.25) is 0 Å². The van der Waals surface area contributed by atoms with Crippen LogP contribution in [0.4, 0.5) is 0 Å². The van der Waals surface area contributed by atoms with Gasteiger partial charge in [-0.3, -0.25) is 9.69 Å². The van der Waals surface area contributed by atoms with Crippen molar-refractivity contribution in [1.29, 1.82) is 0 Å². The highest BCUT2D eigenvalue weighted by Crippen LogP contribution is 2.18. The molecule has 0 bridgehead atoms. The lowest BCUT2D eigenvalue weighted by Gasteiger charge is -2.15. The molecule has 0 aromatic heterocycles. The van der Waals surface area contributed by atoms with E-state index in [0.29, 0.717) is 0 Å². The fourth-order valence-electron chi connectivity index (χ4n) is 2.82. The van der Waals surface area contributed by atoms with Gasteiger partial charge in [0.1, 0.15) is 0 Å². The molecule has 112 valence electrons. The highest BCUT2D eigenvalue weighted by molar-refractivity contribution is 6.10. The van der Waals surface area contributed by atoms with E-state index >= 15 is 0 Å². The third-order valence-electron chi connectivity index (χ3n) is 4.37. The molecule has 0 aliphatic carbocycles. The van der Waals surface area contributed by atoms with Crippen LogP contribution in [-0.4, -0.2) is 23.8 Å². The van der Waals surface area contributed by atoms with Crippen molar-refractivity contribution in [1.82, 2.24) is 4.90 Å². The fraction of sp³-hybridized carbons (Fsp3) is 0.250. The van der Waals surface area contributed by atoms with Crippen molar-refractivity contribution in [3.05, 3.63) is 82.4 Å². The first-order valence-electron chi connectivity index (χ1n) is 7.72. The van der Waals surface area contributed by atoms with Crippen LogP contribution in [0, 0.1) is 13.8 Å². The fourth-order valence-corrected chi connectivity index (χ4v) is 2.82. The molecule has 0 saturated heterocycles. The Morgan fingerprint density at radius 2 is 1.68 bits per heavy atom. The number of benzene rings is 2. The highest BCUT2D eigenvalue weighted by Gasteiger charge is 2.13. The molecular weight excluding hydrogens is 270 g/mol. The minimum atomic E-state index is 0.107. The molecule has 0 atom stereocenters. The molecule has 2 aromatic rings. The summed E-state index contributed by atoms with van der Waals surface area (Å²) in [7, 11) is 0. The Bertz CT molecular complexity index is 705. The molecule has 3 rings (SSSR count). The highest BCUT2D eigenvalue weighted by atomic mass is 16.1. The molecule has 0 radical (unpaired) electrons. The van der Waals surface area contributed by atoms with Crippen LogP contribution in [0.2, 0.25) is 0 Å². The minimum Gasteiger partial charge on any atom is -0.292 e. The third kappa shape index (κ3) is 3.02. The molecule has 2 nitrogen and oxygen atoms in total. The zero-order chi connectivity index (χ0) is 15.5. The average molecular weight is 291 g/mol. The van der Waals surface area contributed by atoms with Crippen molar-refractivity contribution >= 4 is 5.78 Å². The number of rotatable bonds is 4. The van der Waals surface area contributed by atoms with Crippen LogP contribution in [0.1, 0.15) is 32.6 Å². The number of hydrogen-bond donors (Lipinski definition) is 0. The van der Waals surface area contributed by atoms with Gasteiger partial charge in [-0.15, -0.1) is 0 Å². The van der Waals surface area contributed by atoms with Gasteiger partial charge in [-0.05, 0) is 30.5 Å². The van der Waals surface area contributed by atoms with E-state index in [2.05, 4.69) is 29.2 Å². The first-order chi connectivity index (χ1) is 10.6. The van der Waals surface area contributed by atoms with E-state index in [4.69, 9.17) is 0 Å². The number of nitrogens with zero attached hydrogens (tertiary/aromatic N) is 1. The van der Waals surface area contributed by atoms with E-state index in [9.17, 15) is 4.79 Å². The number of ketones is 1. The Hall–Kier alpha value is -2.19. The second kappa shape index (κ2) is 6.29.